The zero-order valence-electron chi connectivity index (χ0n) is 7.54. The van der Waals surface area contributed by atoms with Crippen LogP contribution < -0.4 is 0 Å². The molecule has 0 saturated carbocycles. The van der Waals surface area contributed by atoms with Crippen LogP contribution in [0.3, 0.4) is 0 Å². The summed E-state index contributed by atoms with van der Waals surface area (Å²) in [7, 11) is 0. The number of hydrogen-bond acceptors (Lipinski definition) is 2. The maximum absolute atomic E-state index is 13.2. The molecule has 0 fully saturated rings. The number of carbonyl (C=O) groups excluding carboxylic acids is 1. The summed E-state index contributed by atoms with van der Waals surface area (Å²) in [6, 6.07) is 6.26. The fourth-order valence-electron chi connectivity index (χ4n) is 1.21. The van der Waals surface area contributed by atoms with E-state index in [-0.39, 0.29) is 5.56 Å². The summed E-state index contributed by atoms with van der Waals surface area (Å²) >= 11 is 1.23. The molecule has 0 unspecified atom stereocenters. The number of rotatable bonds is 2. The van der Waals surface area contributed by atoms with Crippen LogP contribution in [-0.4, -0.2) is 5.78 Å². The molecule has 0 aliphatic heterocycles. The van der Waals surface area contributed by atoms with Crippen LogP contribution in [0.2, 0.25) is 0 Å². The number of carbonyl (C=O) groups is 1. The van der Waals surface area contributed by atoms with Crippen molar-refractivity contribution in [1.82, 2.24) is 0 Å². The SMILES string of the molecule is O=C(c1cccs1)c1ccc(F)cc1F. The fraction of sp³-hybridized carbons (Fsp3) is 0. The lowest BCUT2D eigenvalue weighted by molar-refractivity contribution is 0.103. The molecular weight excluding hydrogens is 218 g/mol. The van der Waals surface area contributed by atoms with Gasteiger partial charge in [0.25, 0.3) is 0 Å². The molecular formula is C11H6F2OS. The molecule has 0 aliphatic carbocycles. The lowest BCUT2D eigenvalue weighted by atomic mass is 10.1. The van der Waals surface area contributed by atoms with E-state index in [1.54, 1.807) is 17.5 Å². The van der Waals surface area contributed by atoms with E-state index in [1.807, 2.05) is 0 Å². The van der Waals surface area contributed by atoms with Gasteiger partial charge in [0.1, 0.15) is 11.6 Å². The average Bonchev–Trinajstić information content (AvgIpc) is 2.69. The first kappa shape index (κ1) is 9.98. The van der Waals surface area contributed by atoms with Crippen LogP contribution in [0.4, 0.5) is 8.78 Å². The predicted octanol–water partition coefficient (Wildman–Crippen LogP) is 3.26. The molecule has 1 heterocycles. The van der Waals surface area contributed by atoms with Gasteiger partial charge in [0.05, 0.1) is 10.4 Å². The lowest BCUT2D eigenvalue weighted by Crippen LogP contribution is -2.02. The number of benzene rings is 1. The van der Waals surface area contributed by atoms with Gasteiger partial charge in [0.15, 0.2) is 0 Å². The first-order valence-electron chi connectivity index (χ1n) is 4.22. The summed E-state index contributed by atoms with van der Waals surface area (Å²) in [5, 5.41) is 1.73. The van der Waals surface area contributed by atoms with Crippen LogP contribution in [0, 0.1) is 11.6 Å². The quantitative estimate of drug-likeness (QED) is 0.715. The van der Waals surface area contributed by atoms with Gasteiger partial charge < -0.3 is 0 Å². The van der Waals surface area contributed by atoms with Crippen LogP contribution in [0.1, 0.15) is 15.2 Å². The first-order chi connectivity index (χ1) is 7.18. The van der Waals surface area contributed by atoms with Crippen molar-refractivity contribution in [3.8, 4) is 0 Å². The number of thiophene rings is 1. The van der Waals surface area contributed by atoms with Crippen LogP contribution in [0.5, 0.6) is 0 Å². The maximum atomic E-state index is 13.2. The van der Waals surface area contributed by atoms with Crippen molar-refractivity contribution >= 4 is 17.1 Å². The van der Waals surface area contributed by atoms with Crippen molar-refractivity contribution < 1.29 is 13.6 Å². The molecule has 1 aromatic heterocycles. The summed E-state index contributed by atoms with van der Waals surface area (Å²) in [5.74, 6) is -1.92. The summed E-state index contributed by atoms with van der Waals surface area (Å²) in [4.78, 5) is 12.1. The van der Waals surface area contributed by atoms with Gasteiger partial charge >= 0.3 is 0 Å². The number of ketones is 1. The Morgan fingerprint density at radius 3 is 2.60 bits per heavy atom. The minimum Gasteiger partial charge on any atom is -0.288 e. The lowest BCUT2D eigenvalue weighted by Gasteiger charge is -1.99. The molecule has 4 heteroatoms. The van der Waals surface area contributed by atoms with E-state index in [4.69, 9.17) is 0 Å². The van der Waals surface area contributed by atoms with Crippen molar-refractivity contribution in [2.75, 3.05) is 0 Å². The number of halogens is 2. The molecule has 0 bridgehead atoms. The van der Waals surface area contributed by atoms with E-state index in [0.717, 1.165) is 12.1 Å². The van der Waals surface area contributed by atoms with Gasteiger partial charge in [-0.2, -0.15) is 0 Å². The molecule has 0 N–H and O–H groups in total. The Bertz CT molecular complexity index is 491. The molecule has 2 rings (SSSR count). The molecule has 0 amide bonds. The number of hydrogen-bond donors (Lipinski definition) is 0. The zero-order chi connectivity index (χ0) is 10.8. The highest BCUT2D eigenvalue weighted by atomic mass is 32.1. The van der Waals surface area contributed by atoms with Crippen molar-refractivity contribution in [2.45, 2.75) is 0 Å². The Morgan fingerprint density at radius 2 is 2.00 bits per heavy atom. The third kappa shape index (κ3) is 1.94. The van der Waals surface area contributed by atoms with Crippen molar-refractivity contribution in [1.29, 1.82) is 0 Å². The second-order valence-electron chi connectivity index (χ2n) is 2.93. The summed E-state index contributed by atoms with van der Waals surface area (Å²) in [6.45, 7) is 0. The minimum atomic E-state index is -0.826. The van der Waals surface area contributed by atoms with E-state index in [9.17, 15) is 13.6 Å². The van der Waals surface area contributed by atoms with Gasteiger partial charge in [-0.3, -0.25) is 4.79 Å². The normalized spacial score (nSPS) is 10.3. The Balaban J connectivity index is 2.42. The van der Waals surface area contributed by atoms with Gasteiger partial charge in [-0.1, -0.05) is 6.07 Å². The van der Waals surface area contributed by atoms with Crippen LogP contribution in [0.25, 0.3) is 0 Å². The average molecular weight is 224 g/mol. The summed E-state index contributed by atoms with van der Waals surface area (Å²) in [6.07, 6.45) is 0. The van der Waals surface area contributed by atoms with E-state index < -0.39 is 17.4 Å². The summed E-state index contributed by atoms with van der Waals surface area (Å²) in [5.41, 5.74) is -0.0983. The predicted molar refractivity (Wildman–Crippen MR) is 54.1 cm³/mol. The summed E-state index contributed by atoms with van der Waals surface area (Å²) < 4.78 is 25.8. The van der Waals surface area contributed by atoms with Crippen LogP contribution in [0.15, 0.2) is 35.7 Å². The highest BCUT2D eigenvalue weighted by molar-refractivity contribution is 7.12. The molecule has 0 aliphatic rings. The van der Waals surface area contributed by atoms with Gasteiger partial charge in [-0.05, 0) is 23.6 Å². The molecule has 2 aromatic rings. The third-order valence-corrected chi connectivity index (χ3v) is 2.79. The molecule has 0 spiro atoms. The largest absolute Gasteiger partial charge is 0.288 e. The van der Waals surface area contributed by atoms with Crippen molar-refractivity contribution in [2.24, 2.45) is 0 Å². The maximum Gasteiger partial charge on any atom is 0.205 e. The molecule has 0 saturated heterocycles. The monoisotopic (exact) mass is 224 g/mol. The second-order valence-corrected chi connectivity index (χ2v) is 3.88. The Kier molecular flexibility index (Phi) is 2.60. The standard InChI is InChI=1S/C11H6F2OS/c12-7-3-4-8(9(13)6-7)11(14)10-2-1-5-15-10/h1-6H. The van der Waals surface area contributed by atoms with Gasteiger partial charge in [-0.25, -0.2) is 8.78 Å². The van der Waals surface area contributed by atoms with Crippen LogP contribution in [-0.2, 0) is 0 Å². The van der Waals surface area contributed by atoms with Gasteiger partial charge in [0, 0.05) is 6.07 Å². The highest BCUT2D eigenvalue weighted by Crippen LogP contribution is 2.18. The zero-order valence-corrected chi connectivity index (χ0v) is 8.35. The minimum absolute atomic E-state index is 0.0983. The molecule has 15 heavy (non-hydrogen) atoms. The molecule has 1 aromatic carbocycles. The Hall–Kier alpha value is -1.55. The van der Waals surface area contributed by atoms with Gasteiger partial charge in [0.2, 0.25) is 5.78 Å². The van der Waals surface area contributed by atoms with Crippen molar-refractivity contribution in [3.63, 3.8) is 0 Å². The van der Waals surface area contributed by atoms with E-state index in [2.05, 4.69) is 0 Å². The van der Waals surface area contributed by atoms with Gasteiger partial charge in [-0.15, -0.1) is 11.3 Å². The third-order valence-electron chi connectivity index (χ3n) is 1.92. The second kappa shape index (κ2) is 3.90. The van der Waals surface area contributed by atoms with Crippen molar-refractivity contribution in [3.05, 3.63) is 57.8 Å². The van der Waals surface area contributed by atoms with E-state index in [1.165, 1.54) is 11.3 Å². The smallest absolute Gasteiger partial charge is 0.205 e. The Morgan fingerprint density at radius 1 is 1.20 bits per heavy atom. The molecule has 1 nitrogen and oxygen atoms in total. The topological polar surface area (TPSA) is 17.1 Å². The van der Waals surface area contributed by atoms with Crippen LogP contribution >= 0.6 is 11.3 Å². The first-order valence-corrected chi connectivity index (χ1v) is 5.09. The highest BCUT2D eigenvalue weighted by Gasteiger charge is 2.14. The molecule has 76 valence electrons. The van der Waals surface area contributed by atoms with E-state index in [0.29, 0.717) is 10.9 Å². The van der Waals surface area contributed by atoms with E-state index >= 15 is 0 Å². The fourth-order valence-corrected chi connectivity index (χ4v) is 1.89. The molecule has 0 atom stereocenters. The Labute approximate surface area is 89.0 Å². The molecule has 0 radical (unpaired) electrons.